The van der Waals surface area contributed by atoms with Gasteiger partial charge in [-0.3, -0.25) is 4.99 Å². The molecule has 1 aromatic rings. The lowest BCUT2D eigenvalue weighted by Crippen LogP contribution is -2.37. The third kappa shape index (κ3) is 5.39. The summed E-state index contributed by atoms with van der Waals surface area (Å²) in [5.74, 6) is 2.14. The molecule has 1 aliphatic heterocycles. The number of nitrogens with zero attached hydrogens (tertiary/aromatic N) is 1. The number of hydrogen-bond donors (Lipinski definition) is 2. The van der Waals surface area contributed by atoms with E-state index < -0.39 is 0 Å². The van der Waals surface area contributed by atoms with Gasteiger partial charge in [-0.15, -0.1) is 24.0 Å². The average molecular weight is 440 g/mol. The number of benzene rings is 1. The minimum atomic E-state index is 0. The molecule has 0 bridgehead atoms. The summed E-state index contributed by atoms with van der Waals surface area (Å²) in [6.45, 7) is 4.92. The van der Waals surface area contributed by atoms with E-state index >= 15 is 0 Å². The van der Waals surface area contributed by atoms with Gasteiger partial charge in [0.05, 0.1) is 18.2 Å². The number of halogens is 2. The molecule has 7 heteroatoms. The van der Waals surface area contributed by atoms with Crippen molar-refractivity contribution in [2.45, 2.75) is 26.3 Å². The van der Waals surface area contributed by atoms with Crippen LogP contribution >= 0.6 is 35.6 Å². The number of hydrogen-bond acceptors (Lipinski definition) is 3. The molecule has 0 aromatic heterocycles. The van der Waals surface area contributed by atoms with Crippen LogP contribution in [0.25, 0.3) is 0 Å². The molecule has 0 radical (unpaired) electrons. The zero-order valence-electron chi connectivity index (χ0n) is 12.9. The molecule has 2 N–H and O–H groups in total. The summed E-state index contributed by atoms with van der Waals surface area (Å²) >= 11 is 6.27. The highest BCUT2D eigenvalue weighted by molar-refractivity contribution is 14.0. The van der Waals surface area contributed by atoms with E-state index in [1.807, 2.05) is 12.1 Å². The molecule has 1 aromatic carbocycles. The first-order chi connectivity index (χ1) is 10.2. The van der Waals surface area contributed by atoms with Crippen LogP contribution in [-0.2, 0) is 6.54 Å². The van der Waals surface area contributed by atoms with E-state index in [0.717, 1.165) is 30.9 Å². The Hall–Kier alpha value is -0.890. The van der Waals surface area contributed by atoms with Gasteiger partial charge < -0.3 is 20.1 Å². The molecule has 0 fully saturated rings. The maximum absolute atomic E-state index is 6.27. The fraction of sp³-hybridized carbons (Fsp3) is 0.533. The minimum absolute atomic E-state index is 0. The number of nitrogens with one attached hydrogen (secondary N) is 2. The van der Waals surface area contributed by atoms with Crippen LogP contribution in [0.4, 0.5) is 0 Å². The molecule has 0 unspecified atom stereocenters. The molecule has 22 heavy (non-hydrogen) atoms. The number of ether oxygens (including phenoxy) is 2. The fourth-order valence-corrected chi connectivity index (χ4v) is 2.32. The molecule has 1 heterocycles. The lowest BCUT2D eigenvalue weighted by molar-refractivity contribution is 0.297. The Bertz CT molecular complexity index is 512. The minimum Gasteiger partial charge on any atom is -0.489 e. The van der Waals surface area contributed by atoms with Crippen molar-refractivity contribution in [3.63, 3.8) is 0 Å². The molecular weight excluding hydrogens is 417 g/mol. The Morgan fingerprint density at radius 1 is 1.27 bits per heavy atom. The van der Waals surface area contributed by atoms with Gasteiger partial charge in [-0.2, -0.15) is 0 Å². The predicted octanol–water partition coefficient (Wildman–Crippen LogP) is 3.19. The highest BCUT2D eigenvalue weighted by Crippen LogP contribution is 2.37. The van der Waals surface area contributed by atoms with Crippen molar-refractivity contribution in [1.29, 1.82) is 0 Å². The Kier molecular flexibility index (Phi) is 8.70. The number of aliphatic imine (C=N–C) groups is 1. The second-order valence-corrected chi connectivity index (χ2v) is 5.22. The summed E-state index contributed by atoms with van der Waals surface area (Å²) in [5.41, 5.74) is 1.03. The topological polar surface area (TPSA) is 54.9 Å². The lowest BCUT2D eigenvalue weighted by atomic mass is 10.2. The Morgan fingerprint density at radius 3 is 2.77 bits per heavy atom. The quantitative estimate of drug-likeness (QED) is 0.430. The zero-order valence-corrected chi connectivity index (χ0v) is 16.0. The van der Waals surface area contributed by atoms with Gasteiger partial charge >= 0.3 is 0 Å². The molecule has 124 valence electrons. The molecule has 2 rings (SSSR count). The third-order valence-electron chi connectivity index (χ3n) is 3.09. The highest BCUT2D eigenvalue weighted by atomic mass is 127. The highest BCUT2D eigenvalue weighted by Gasteiger charge is 2.15. The van der Waals surface area contributed by atoms with Crippen LogP contribution in [0.5, 0.6) is 11.5 Å². The van der Waals surface area contributed by atoms with E-state index in [9.17, 15) is 0 Å². The predicted molar refractivity (Wildman–Crippen MR) is 101 cm³/mol. The van der Waals surface area contributed by atoms with Gasteiger partial charge in [0, 0.05) is 26.6 Å². The molecule has 0 saturated carbocycles. The summed E-state index contributed by atoms with van der Waals surface area (Å²) in [4.78, 5) is 4.17. The van der Waals surface area contributed by atoms with Gasteiger partial charge in [0.2, 0.25) is 0 Å². The van der Waals surface area contributed by atoms with Gasteiger partial charge in [0.15, 0.2) is 17.5 Å². The summed E-state index contributed by atoms with van der Waals surface area (Å²) in [5, 5.41) is 7.07. The summed E-state index contributed by atoms with van der Waals surface area (Å²) in [6, 6.07) is 3.86. The van der Waals surface area contributed by atoms with Crippen LogP contribution < -0.4 is 20.1 Å². The van der Waals surface area contributed by atoms with Crippen LogP contribution in [0.2, 0.25) is 5.02 Å². The monoisotopic (exact) mass is 439 g/mol. The van der Waals surface area contributed by atoms with Crippen LogP contribution in [0.15, 0.2) is 17.1 Å². The van der Waals surface area contributed by atoms with Crippen LogP contribution in [0.1, 0.15) is 25.3 Å². The van der Waals surface area contributed by atoms with E-state index in [1.165, 1.54) is 0 Å². The van der Waals surface area contributed by atoms with Crippen molar-refractivity contribution < 1.29 is 9.47 Å². The molecular formula is C15H23ClIN3O2. The molecule has 0 aliphatic carbocycles. The van der Waals surface area contributed by atoms with Crippen molar-refractivity contribution >= 4 is 41.5 Å². The first kappa shape index (κ1) is 19.2. The van der Waals surface area contributed by atoms with Gasteiger partial charge in [0.1, 0.15) is 0 Å². The van der Waals surface area contributed by atoms with Gasteiger partial charge in [-0.1, -0.05) is 18.5 Å². The van der Waals surface area contributed by atoms with Gasteiger partial charge in [-0.05, 0) is 24.1 Å². The molecule has 1 aliphatic rings. The summed E-state index contributed by atoms with van der Waals surface area (Å²) < 4.78 is 11.3. The Balaban J connectivity index is 0.00000242. The normalized spacial score (nSPS) is 13.9. The zero-order chi connectivity index (χ0) is 15.1. The first-order valence-electron chi connectivity index (χ1n) is 7.27. The van der Waals surface area contributed by atoms with Crippen molar-refractivity contribution in [3.05, 3.63) is 22.7 Å². The van der Waals surface area contributed by atoms with Crippen molar-refractivity contribution in [1.82, 2.24) is 10.6 Å². The van der Waals surface area contributed by atoms with E-state index in [2.05, 4.69) is 22.5 Å². The van der Waals surface area contributed by atoms with E-state index in [0.29, 0.717) is 36.3 Å². The molecule has 0 amide bonds. The van der Waals surface area contributed by atoms with Gasteiger partial charge in [-0.25, -0.2) is 0 Å². The molecule has 0 saturated heterocycles. The smallest absolute Gasteiger partial charge is 0.191 e. The fourth-order valence-electron chi connectivity index (χ4n) is 2.04. The van der Waals surface area contributed by atoms with Gasteiger partial charge in [0.25, 0.3) is 0 Å². The molecule has 5 nitrogen and oxygen atoms in total. The van der Waals surface area contributed by atoms with E-state index in [1.54, 1.807) is 7.05 Å². The Morgan fingerprint density at radius 2 is 2.05 bits per heavy atom. The largest absolute Gasteiger partial charge is 0.489 e. The maximum Gasteiger partial charge on any atom is 0.191 e. The molecule has 0 spiro atoms. The average Bonchev–Trinajstić information content (AvgIpc) is 2.73. The second kappa shape index (κ2) is 9.99. The maximum atomic E-state index is 6.27. The summed E-state index contributed by atoms with van der Waals surface area (Å²) in [7, 11) is 1.76. The van der Waals surface area contributed by atoms with E-state index in [-0.39, 0.29) is 24.0 Å². The van der Waals surface area contributed by atoms with Crippen molar-refractivity contribution in [3.8, 4) is 11.5 Å². The lowest BCUT2D eigenvalue weighted by Gasteiger charge is -2.14. The van der Waals surface area contributed by atoms with Crippen molar-refractivity contribution in [2.75, 3.05) is 26.8 Å². The second-order valence-electron chi connectivity index (χ2n) is 4.81. The first-order valence-corrected chi connectivity index (χ1v) is 7.65. The van der Waals surface area contributed by atoms with Crippen LogP contribution in [0.3, 0.4) is 0 Å². The van der Waals surface area contributed by atoms with E-state index in [4.69, 9.17) is 21.1 Å². The summed E-state index contributed by atoms with van der Waals surface area (Å²) in [6.07, 6.45) is 1.92. The number of fused-ring (bicyclic) bond motifs is 1. The Labute approximate surface area is 153 Å². The standard InChI is InChI=1S/C15H22ClN3O2.HI/c1-3-5-18-15(17-2)19-10-11-8-12(16)14-13(9-11)20-6-4-7-21-14;/h8-9H,3-7,10H2,1-2H3,(H2,17,18,19);1H. The van der Waals surface area contributed by atoms with Crippen LogP contribution in [-0.4, -0.2) is 32.8 Å². The van der Waals surface area contributed by atoms with Crippen molar-refractivity contribution in [2.24, 2.45) is 4.99 Å². The molecule has 0 atom stereocenters. The number of guanidine groups is 1. The third-order valence-corrected chi connectivity index (χ3v) is 3.37. The van der Waals surface area contributed by atoms with Crippen LogP contribution in [0, 0.1) is 0 Å². The SMILES string of the molecule is CCCNC(=NC)NCc1cc(Cl)c2c(c1)OCCCO2.I. The number of rotatable bonds is 4.